The predicted octanol–water partition coefficient (Wildman–Crippen LogP) is 2.69. The molecule has 0 spiro atoms. The van der Waals surface area contributed by atoms with Gasteiger partial charge in [0.1, 0.15) is 0 Å². The van der Waals surface area contributed by atoms with Gasteiger partial charge in [0.15, 0.2) is 0 Å². The van der Waals surface area contributed by atoms with E-state index in [2.05, 4.69) is 13.0 Å². The van der Waals surface area contributed by atoms with E-state index in [4.69, 9.17) is 4.74 Å². The van der Waals surface area contributed by atoms with E-state index in [-0.39, 0.29) is 11.9 Å². The molecule has 1 aliphatic carbocycles. The van der Waals surface area contributed by atoms with Crippen LogP contribution in [0.3, 0.4) is 0 Å². The van der Waals surface area contributed by atoms with Gasteiger partial charge in [-0.3, -0.25) is 4.79 Å². The van der Waals surface area contributed by atoms with Gasteiger partial charge in [-0.2, -0.15) is 0 Å². The average Bonchev–Trinajstić information content (AvgIpc) is 2.19. The maximum absolute atomic E-state index is 11.4. The monoisotopic (exact) mass is 182 g/mol. The summed E-state index contributed by atoms with van der Waals surface area (Å²) in [5, 5.41) is 0. The fourth-order valence-electron chi connectivity index (χ4n) is 1.43. The van der Waals surface area contributed by atoms with Gasteiger partial charge in [0.05, 0.1) is 12.5 Å². The Labute approximate surface area is 80.0 Å². The molecule has 0 saturated carbocycles. The van der Waals surface area contributed by atoms with Gasteiger partial charge in [-0.15, -0.1) is 0 Å². The molecule has 0 amide bonds. The zero-order chi connectivity index (χ0) is 9.52. The lowest BCUT2D eigenvalue weighted by atomic mass is 9.96. The third-order valence-electron chi connectivity index (χ3n) is 2.30. The number of hydrogen-bond donors (Lipinski definition) is 0. The molecule has 0 radical (unpaired) electrons. The van der Waals surface area contributed by atoms with Crippen LogP contribution in [0.4, 0.5) is 0 Å². The highest BCUT2D eigenvalue weighted by Gasteiger charge is 2.17. The van der Waals surface area contributed by atoms with E-state index in [0.29, 0.717) is 6.61 Å². The summed E-state index contributed by atoms with van der Waals surface area (Å²) in [6.45, 7) is 2.67. The van der Waals surface area contributed by atoms with Gasteiger partial charge in [-0.25, -0.2) is 0 Å². The second-order valence-electron chi connectivity index (χ2n) is 3.49. The van der Waals surface area contributed by atoms with E-state index in [9.17, 15) is 4.79 Å². The fourth-order valence-corrected chi connectivity index (χ4v) is 1.43. The van der Waals surface area contributed by atoms with Crippen molar-refractivity contribution in [2.75, 3.05) is 6.61 Å². The number of carbonyl (C=O) groups excluding carboxylic acids is 1. The number of rotatable bonds is 4. The molecule has 0 fully saturated rings. The van der Waals surface area contributed by atoms with Crippen molar-refractivity contribution < 1.29 is 9.53 Å². The molecule has 0 aromatic heterocycles. The Hall–Kier alpha value is -0.790. The van der Waals surface area contributed by atoms with Crippen molar-refractivity contribution in [3.05, 3.63) is 12.2 Å². The molecular weight excluding hydrogens is 164 g/mol. The summed E-state index contributed by atoms with van der Waals surface area (Å²) in [7, 11) is 0. The van der Waals surface area contributed by atoms with E-state index < -0.39 is 0 Å². The highest BCUT2D eigenvalue weighted by molar-refractivity contribution is 5.74. The smallest absolute Gasteiger partial charge is 0.312 e. The van der Waals surface area contributed by atoms with Crippen molar-refractivity contribution in [3.63, 3.8) is 0 Å². The second-order valence-corrected chi connectivity index (χ2v) is 3.49. The molecule has 0 bridgehead atoms. The number of unbranched alkanes of at least 4 members (excludes halogenated alkanes) is 1. The lowest BCUT2D eigenvalue weighted by Crippen LogP contribution is -2.17. The zero-order valence-electron chi connectivity index (χ0n) is 8.29. The summed E-state index contributed by atoms with van der Waals surface area (Å²) in [5.41, 5.74) is 0. The predicted molar refractivity (Wildman–Crippen MR) is 52.3 cm³/mol. The van der Waals surface area contributed by atoms with Crippen LogP contribution in [-0.4, -0.2) is 12.6 Å². The van der Waals surface area contributed by atoms with Crippen LogP contribution in [0, 0.1) is 5.92 Å². The first-order valence-corrected chi connectivity index (χ1v) is 5.18. The minimum atomic E-state index is -0.0376. The third kappa shape index (κ3) is 3.62. The molecule has 0 heterocycles. The minimum Gasteiger partial charge on any atom is -0.465 e. The normalized spacial score (nSPS) is 21.5. The maximum atomic E-state index is 11.4. The first-order valence-electron chi connectivity index (χ1n) is 5.18. The fraction of sp³-hybridized carbons (Fsp3) is 0.727. The van der Waals surface area contributed by atoms with E-state index >= 15 is 0 Å². The largest absolute Gasteiger partial charge is 0.465 e. The molecule has 0 aliphatic heterocycles. The van der Waals surface area contributed by atoms with Crippen LogP contribution in [0.2, 0.25) is 0 Å². The van der Waals surface area contributed by atoms with Crippen molar-refractivity contribution in [1.82, 2.24) is 0 Å². The molecule has 2 heteroatoms. The van der Waals surface area contributed by atoms with Gasteiger partial charge in [-0.1, -0.05) is 25.5 Å². The van der Waals surface area contributed by atoms with Crippen LogP contribution in [0.5, 0.6) is 0 Å². The number of carbonyl (C=O) groups is 1. The van der Waals surface area contributed by atoms with E-state index in [1.165, 1.54) is 0 Å². The van der Waals surface area contributed by atoms with Crippen LogP contribution in [0.1, 0.15) is 39.0 Å². The summed E-state index contributed by atoms with van der Waals surface area (Å²) in [5.74, 6) is -0.00462. The quantitative estimate of drug-likeness (QED) is 0.379. The molecule has 1 rings (SSSR count). The van der Waals surface area contributed by atoms with Crippen LogP contribution >= 0.6 is 0 Å². The van der Waals surface area contributed by atoms with Gasteiger partial charge in [0, 0.05) is 0 Å². The van der Waals surface area contributed by atoms with Gasteiger partial charge in [-0.05, 0) is 25.7 Å². The van der Waals surface area contributed by atoms with Crippen LogP contribution in [0.15, 0.2) is 12.2 Å². The summed E-state index contributed by atoms with van der Waals surface area (Å²) in [6, 6.07) is 0. The van der Waals surface area contributed by atoms with Crippen molar-refractivity contribution in [3.8, 4) is 0 Å². The SMILES string of the molecule is CCCCOC(=O)C1C=CCCC1. The van der Waals surface area contributed by atoms with E-state index in [0.717, 1.165) is 32.1 Å². The maximum Gasteiger partial charge on any atom is 0.312 e. The Kier molecular flexibility index (Phi) is 4.58. The highest BCUT2D eigenvalue weighted by atomic mass is 16.5. The van der Waals surface area contributed by atoms with Crippen LogP contribution in [0.25, 0.3) is 0 Å². The standard InChI is InChI=1S/C11H18O2/c1-2-3-9-13-11(12)10-7-5-4-6-8-10/h5,7,10H,2-4,6,8-9H2,1H3. The van der Waals surface area contributed by atoms with Crippen molar-refractivity contribution in [1.29, 1.82) is 0 Å². The second kappa shape index (κ2) is 5.79. The lowest BCUT2D eigenvalue weighted by Gasteiger charge is -2.14. The lowest BCUT2D eigenvalue weighted by molar-refractivity contribution is -0.147. The van der Waals surface area contributed by atoms with Gasteiger partial charge in [0.25, 0.3) is 0 Å². The van der Waals surface area contributed by atoms with Crippen LogP contribution in [-0.2, 0) is 9.53 Å². The number of esters is 1. The average molecular weight is 182 g/mol. The Balaban J connectivity index is 2.21. The van der Waals surface area contributed by atoms with E-state index in [1.54, 1.807) is 0 Å². The summed E-state index contributed by atoms with van der Waals surface area (Å²) >= 11 is 0. The minimum absolute atomic E-state index is 0.0330. The zero-order valence-corrected chi connectivity index (χ0v) is 8.29. The molecule has 0 aromatic carbocycles. The molecular formula is C11H18O2. The Bertz CT molecular complexity index is 185. The molecule has 74 valence electrons. The molecule has 13 heavy (non-hydrogen) atoms. The molecule has 1 aliphatic rings. The summed E-state index contributed by atoms with van der Waals surface area (Å²) in [6.07, 6.45) is 9.30. The van der Waals surface area contributed by atoms with Gasteiger partial charge < -0.3 is 4.74 Å². The highest BCUT2D eigenvalue weighted by Crippen LogP contribution is 2.18. The van der Waals surface area contributed by atoms with Gasteiger partial charge in [0.2, 0.25) is 0 Å². The molecule has 1 unspecified atom stereocenters. The topological polar surface area (TPSA) is 26.3 Å². The summed E-state index contributed by atoms with van der Waals surface area (Å²) in [4.78, 5) is 11.4. The van der Waals surface area contributed by atoms with Crippen LogP contribution < -0.4 is 0 Å². The molecule has 0 N–H and O–H groups in total. The first-order chi connectivity index (χ1) is 6.34. The molecule has 0 saturated heterocycles. The first kappa shape index (κ1) is 10.3. The third-order valence-corrected chi connectivity index (χ3v) is 2.30. The summed E-state index contributed by atoms with van der Waals surface area (Å²) < 4.78 is 5.13. The Morgan fingerprint density at radius 3 is 3.08 bits per heavy atom. The van der Waals surface area contributed by atoms with Crippen molar-refractivity contribution in [2.45, 2.75) is 39.0 Å². The molecule has 0 aromatic rings. The number of ether oxygens (including phenoxy) is 1. The number of hydrogen-bond acceptors (Lipinski definition) is 2. The van der Waals surface area contributed by atoms with Crippen molar-refractivity contribution in [2.24, 2.45) is 5.92 Å². The van der Waals surface area contributed by atoms with E-state index in [1.807, 2.05) is 6.08 Å². The Morgan fingerprint density at radius 1 is 1.62 bits per heavy atom. The van der Waals surface area contributed by atoms with Gasteiger partial charge >= 0.3 is 5.97 Å². The van der Waals surface area contributed by atoms with Crippen molar-refractivity contribution >= 4 is 5.97 Å². The Morgan fingerprint density at radius 2 is 2.46 bits per heavy atom. The number of allylic oxidation sites excluding steroid dienone is 1. The molecule has 2 nitrogen and oxygen atoms in total. The molecule has 1 atom stereocenters.